The summed E-state index contributed by atoms with van der Waals surface area (Å²) >= 11 is 6.65. The van der Waals surface area contributed by atoms with Crippen LogP contribution >= 0.6 is 31.9 Å². The van der Waals surface area contributed by atoms with Crippen molar-refractivity contribution < 1.29 is 4.79 Å². The van der Waals surface area contributed by atoms with Gasteiger partial charge in [0, 0.05) is 8.95 Å². The Balaban J connectivity index is 0.000000261. The summed E-state index contributed by atoms with van der Waals surface area (Å²) in [4.78, 5) is 9.44. The predicted octanol–water partition coefficient (Wildman–Crippen LogP) is 3.81. The Kier molecular flexibility index (Phi) is 6.30. The van der Waals surface area contributed by atoms with E-state index in [4.69, 9.17) is 0 Å². The lowest BCUT2D eigenvalue weighted by molar-refractivity contribution is -0.114. The molecule has 0 heterocycles. The van der Waals surface area contributed by atoms with Gasteiger partial charge in [-0.2, -0.15) is 0 Å². The third-order valence-corrected chi connectivity index (χ3v) is 1.86. The van der Waals surface area contributed by atoms with Crippen LogP contribution in [0.4, 0.5) is 0 Å². The van der Waals surface area contributed by atoms with Crippen LogP contribution in [-0.4, -0.2) is 5.78 Å². The average Bonchev–Trinajstić information content (AvgIpc) is 1.94. The summed E-state index contributed by atoms with van der Waals surface area (Å²) in [6.07, 6.45) is 0. The topological polar surface area (TPSA) is 17.1 Å². The van der Waals surface area contributed by atoms with Crippen LogP contribution in [0.25, 0.3) is 0 Å². The van der Waals surface area contributed by atoms with E-state index in [1.165, 1.54) is 13.8 Å². The van der Waals surface area contributed by atoms with E-state index in [1.54, 1.807) is 0 Å². The molecule has 0 spiro atoms. The van der Waals surface area contributed by atoms with E-state index in [0.29, 0.717) is 0 Å². The number of benzene rings is 1. The lowest BCUT2D eigenvalue weighted by Crippen LogP contribution is -1.69. The Morgan fingerprint density at radius 3 is 1.33 bits per heavy atom. The quantitative estimate of drug-likeness (QED) is 0.711. The predicted molar refractivity (Wildman–Crippen MR) is 58.2 cm³/mol. The molecule has 1 aromatic carbocycles. The van der Waals surface area contributed by atoms with E-state index in [0.717, 1.165) is 8.95 Å². The normalized spacial score (nSPS) is 8.33. The zero-order chi connectivity index (χ0) is 9.56. The van der Waals surface area contributed by atoms with Crippen LogP contribution in [-0.2, 0) is 4.79 Å². The molecule has 0 amide bonds. The highest BCUT2D eigenvalue weighted by molar-refractivity contribution is 9.11. The van der Waals surface area contributed by atoms with Gasteiger partial charge in [-0.05, 0) is 38.1 Å². The third-order valence-electron chi connectivity index (χ3n) is 0.804. The molecule has 0 aromatic heterocycles. The molecule has 3 heteroatoms. The van der Waals surface area contributed by atoms with Crippen molar-refractivity contribution in [2.45, 2.75) is 13.8 Å². The van der Waals surface area contributed by atoms with Gasteiger partial charge in [0.25, 0.3) is 0 Å². The van der Waals surface area contributed by atoms with Gasteiger partial charge in [0.05, 0.1) is 0 Å². The van der Waals surface area contributed by atoms with Gasteiger partial charge in [-0.25, -0.2) is 0 Å². The molecule has 1 rings (SSSR count). The number of hydrogen-bond donors (Lipinski definition) is 0. The maximum absolute atomic E-state index is 9.44. The van der Waals surface area contributed by atoms with Crippen molar-refractivity contribution >= 4 is 37.6 Å². The molecule has 0 radical (unpaired) electrons. The molecule has 0 atom stereocenters. The largest absolute Gasteiger partial charge is 0.300 e. The smallest absolute Gasteiger partial charge is 0.126 e. The highest BCUT2D eigenvalue weighted by Gasteiger charge is 1.83. The first-order chi connectivity index (χ1) is 5.52. The Bertz CT molecular complexity index is 216. The fourth-order valence-corrected chi connectivity index (χ4v) is 0.958. The number of carbonyl (C=O) groups excluding carboxylic acids is 1. The summed E-state index contributed by atoms with van der Waals surface area (Å²) < 4.78 is 2.22. The fourth-order valence-electron chi connectivity index (χ4n) is 0.430. The molecular weight excluding hydrogens is 284 g/mol. The summed E-state index contributed by atoms with van der Waals surface area (Å²) in [5, 5.41) is 0. The van der Waals surface area contributed by atoms with Crippen molar-refractivity contribution in [2.75, 3.05) is 0 Å². The Morgan fingerprint density at radius 2 is 1.17 bits per heavy atom. The van der Waals surface area contributed by atoms with Crippen molar-refractivity contribution in [3.05, 3.63) is 33.2 Å². The maximum Gasteiger partial charge on any atom is 0.126 e. The second-order valence-corrected chi connectivity index (χ2v) is 4.18. The number of Topliss-reactive ketones (excluding diaryl/α,β-unsaturated/α-hetero) is 1. The van der Waals surface area contributed by atoms with Gasteiger partial charge in [-0.1, -0.05) is 31.9 Å². The molecule has 1 aromatic rings. The first kappa shape index (κ1) is 11.8. The van der Waals surface area contributed by atoms with Gasteiger partial charge in [-0.3, -0.25) is 0 Å². The zero-order valence-corrected chi connectivity index (χ0v) is 10.1. The lowest BCUT2D eigenvalue weighted by atomic mass is 10.4. The SMILES string of the molecule is Brc1ccc(Br)cc1.CC(C)=O. The van der Waals surface area contributed by atoms with Crippen molar-refractivity contribution in [1.82, 2.24) is 0 Å². The molecule has 0 saturated heterocycles. The first-order valence-corrected chi connectivity index (χ1v) is 4.99. The molecule has 0 bridgehead atoms. The van der Waals surface area contributed by atoms with Crippen molar-refractivity contribution in [1.29, 1.82) is 0 Å². The average molecular weight is 294 g/mol. The standard InChI is InChI=1S/C6H4Br2.C3H6O/c7-5-1-2-6(8)4-3-5;1-3(2)4/h1-4H;1-2H3. The van der Waals surface area contributed by atoms with E-state index in [9.17, 15) is 4.79 Å². The van der Waals surface area contributed by atoms with Crippen LogP contribution in [0.2, 0.25) is 0 Å². The van der Waals surface area contributed by atoms with Crippen molar-refractivity contribution in [3.8, 4) is 0 Å². The lowest BCUT2D eigenvalue weighted by Gasteiger charge is -1.86. The fraction of sp³-hybridized carbons (Fsp3) is 0.222. The third kappa shape index (κ3) is 7.95. The minimum Gasteiger partial charge on any atom is -0.300 e. The van der Waals surface area contributed by atoms with Gasteiger partial charge in [-0.15, -0.1) is 0 Å². The van der Waals surface area contributed by atoms with Crippen molar-refractivity contribution in [2.24, 2.45) is 0 Å². The molecule has 0 unspecified atom stereocenters. The van der Waals surface area contributed by atoms with Crippen molar-refractivity contribution in [3.63, 3.8) is 0 Å². The summed E-state index contributed by atoms with van der Waals surface area (Å²) in [6.45, 7) is 3.06. The second-order valence-electron chi connectivity index (χ2n) is 2.34. The summed E-state index contributed by atoms with van der Waals surface area (Å²) in [6, 6.07) is 7.96. The maximum atomic E-state index is 9.44. The number of carbonyl (C=O) groups is 1. The number of ketones is 1. The second kappa shape index (κ2) is 6.38. The number of rotatable bonds is 0. The van der Waals surface area contributed by atoms with E-state index in [2.05, 4.69) is 31.9 Å². The highest BCUT2D eigenvalue weighted by Crippen LogP contribution is 2.14. The molecule has 0 aliphatic carbocycles. The Hall–Kier alpha value is -0.150. The minimum absolute atomic E-state index is 0.167. The van der Waals surface area contributed by atoms with Crippen LogP contribution < -0.4 is 0 Å². The van der Waals surface area contributed by atoms with Gasteiger partial charge in [0.15, 0.2) is 0 Å². The van der Waals surface area contributed by atoms with Gasteiger partial charge in [0.1, 0.15) is 5.78 Å². The number of hydrogen-bond acceptors (Lipinski definition) is 1. The molecule has 1 nitrogen and oxygen atoms in total. The van der Waals surface area contributed by atoms with Crippen LogP contribution in [0, 0.1) is 0 Å². The van der Waals surface area contributed by atoms with Gasteiger partial charge >= 0.3 is 0 Å². The summed E-state index contributed by atoms with van der Waals surface area (Å²) in [5.74, 6) is 0.167. The Morgan fingerprint density at radius 1 is 1.00 bits per heavy atom. The van der Waals surface area contributed by atoms with E-state index >= 15 is 0 Å². The number of halogens is 2. The van der Waals surface area contributed by atoms with Gasteiger partial charge in [0.2, 0.25) is 0 Å². The first-order valence-electron chi connectivity index (χ1n) is 3.40. The summed E-state index contributed by atoms with van der Waals surface area (Å²) in [5.41, 5.74) is 0. The minimum atomic E-state index is 0.167. The van der Waals surface area contributed by atoms with Gasteiger partial charge < -0.3 is 4.79 Å². The molecular formula is C9H10Br2O. The highest BCUT2D eigenvalue weighted by atomic mass is 79.9. The molecule has 66 valence electrons. The Labute approximate surface area is 89.4 Å². The molecule has 0 fully saturated rings. The zero-order valence-electron chi connectivity index (χ0n) is 6.97. The van der Waals surface area contributed by atoms with Crippen LogP contribution in [0.1, 0.15) is 13.8 Å². The molecule has 0 saturated carbocycles. The van der Waals surface area contributed by atoms with E-state index in [1.807, 2.05) is 24.3 Å². The monoisotopic (exact) mass is 292 g/mol. The molecule has 12 heavy (non-hydrogen) atoms. The molecule has 0 aliphatic rings. The molecule has 0 aliphatic heterocycles. The van der Waals surface area contributed by atoms with Crippen LogP contribution in [0.15, 0.2) is 33.2 Å². The van der Waals surface area contributed by atoms with E-state index in [-0.39, 0.29) is 5.78 Å². The summed E-state index contributed by atoms with van der Waals surface area (Å²) in [7, 11) is 0. The molecule has 0 N–H and O–H groups in total. The van der Waals surface area contributed by atoms with Crippen LogP contribution in [0.5, 0.6) is 0 Å². The van der Waals surface area contributed by atoms with E-state index < -0.39 is 0 Å². The van der Waals surface area contributed by atoms with Crippen LogP contribution in [0.3, 0.4) is 0 Å².